The van der Waals surface area contributed by atoms with E-state index in [1.165, 1.54) is 0 Å². The van der Waals surface area contributed by atoms with E-state index in [1.54, 1.807) is 0 Å². The maximum absolute atomic E-state index is 8.35. The lowest BCUT2D eigenvalue weighted by Gasteiger charge is -1.10. The van der Waals surface area contributed by atoms with Crippen molar-refractivity contribution in [3.8, 4) is 0 Å². The molecule has 0 atom stereocenters. The number of rotatable bonds is 0. The van der Waals surface area contributed by atoms with Crippen LogP contribution in [0.1, 0.15) is 0 Å². The minimum absolute atomic E-state index is 0.750. The Kier molecular flexibility index (Phi) is 59.8. The fourth-order valence-corrected chi connectivity index (χ4v) is 0. The van der Waals surface area contributed by atoms with Gasteiger partial charge >= 0.3 is 0 Å². The van der Waals surface area contributed by atoms with Gasteiger partial charge in [0.25, 0.3) is 0 Å². The van der Waals surface area contributed by atoms with Crippen molar-refractivity contribution in [1.82, 2.24) is 0 Å². The molecule has 0 rings (SSSR count). The molecule has 0 aliphatic carbocycles. The van der Waals surface area contributed by atoms with Gasteiger partial charge in [0.15, 0.2) is 0 Å². The van der Waals surface area contributed by atoms with Gasteiger partial charge in [-0.3, -0.25) is 0 Å². The topological polar surface area (TPSA) is 40.9 Å². The second-order valence-corrected chi connectivity index (χ2v) is 0.352. The van der Waals surface area contributed by atoms with Crippen molar-refractivity contribution in [2.24, 2.45) is 0 Å². The van der Waals surface area contributed by atoms with Gasteiger partial charge in [0.1, 0.15) is 0 Å². The van der Waals surface area contributed by atoms with E-state index in [0.717, 1.165) is 6.08 Å². The van der Waals surface area contributed by atoms with Crippen LogP contribution in [0.4, 0.5) is 0 Å². The molecule has 0 spiro atoms. The van der Waals surface area contributed by atoms with Crippen molar-refractivity contribution in [3.63, 3.8) is 0 Å². The molecular weight excluding hydrogens is 78.0 g/mol. The summed E-state index contributed by atoms with van der Waals surface area (Å²) in [6.45, 7) is 6.25. The van der Waals surface area contributed by atoms with Gasteiger partial charge in [-0.2, -0.15) is 0 Å². The fourth-order valence-electron chi connectivity index (χ4n) is 0. The smallest absolute Gasteiger partial charge is 0.222 e. The van der Waals surface area contributed by atoms with E-state index < -0.39 is 0 Å². The zero-order valence-corrected chi connectivity index (χ0v) is 3.32. The average Bonchev–Trinajstić information content (AvgIpc) is 1.39. The molecule has 0 saturated carbocycles. The van der Waals surface area contributed by atoms with E-state index in [4.69, 9.17) is 10.2 Å². The van der Waals surface area contributed by atoms with Crippen LogP contribution in [0, 0.1) is 5.41 Å². The van der Waals surface area contributed by atoms with E-state index in [0.29, 0.717) is 0 Å². The van der Waals surface area contributed by atoms with Gasteiger partial charge < -0.3 is 0 Å². The third-order valence-corrected chi connectivity index (χ3v) is 0. The highest BCUT2D eigenvalue weighted by Crippen LogP contribution is 1.16. The van der Waals surface area contributed by atoms with Crippen molar-refractivity contribution < 1.29 is 4.79 Å². The van der Waals surface area contributed by atoms with Crippen LogP contribution in [-0.2, 0) is 4.79 Å². The molecule has 0 fully saturated rings. The Morgan fingerprint density at radius 2 is 1.50 bits per heavy atom. The minimum Gasteiger partial charge on any atom is -0.222 e. The summed E-state index contributed by atoms with van der Waals surface area (Å²) < 4.78 is 0. The first kappa shape index (κ1) is 8.86. The molecule has 0 radical (unpaired) electrons. The summed E-state index contributed by atoms with van der Waals surface area (Å²) in [5.74, 6) is 0. The third-order valence-electron chi connectivity index (χ3n) is 0. The standard InChI is InChI=1S/C3H4.CHNO/c1-3-2;2-1-3/h1-2H2;2H. The van der Waals surface area contributed by atoms with Crippen LogP contribution in [0.15, 0.2) is 18.9 Å². The Morgan fingerprint density at radius 3 is 1.50 bits per heavy atom. The molecule has 0 amide bonds. The van der Waals surface area contributed by atoms with Crippen LogP contribution in [0.25, 0.3) is 0 Å². The molecule has 6 heavy (non-hydrogen) atoms. The lowest BCUT2D eigenvalue weighted by atomic mass is 11.0. The molecular formula is C4H5NO. The second-order valence-electron chi connectivity index (χ2n) is 0.352. The summed E-state index contributed by atoms with van der Waals surface area (Å²) >= 11 is 0. The number of carbonyl (C=O) groups excluding carboxylic acids is 1. The monoisotopic (exact) mass is 83.0 g/mol. The van der Waals surface area contributed by atoms with Gasteiger partial charge in [-0.05, 0) is 0 Å². The quantitative estimate of drug-likeness (QED) is 0.263. The zero-order valence-electron chi connectivity index (χ0n) is 3.32. The number of hydrogen-bond acceptors (Lipinski definition) is 2. The average molecular weight is 83.1 g/mol. The third kappa shape index (κ3) is 8.65. The molecule has 2 nitrogen and oxygen atoms in total. The Bertz CT molecular complexity index is 61.5. The van der Waals surface area contributed by atoms with E-state index in [9.17, 15) is 0 Å². The predicted molar refractivity (Wildman–Crippen MR) is 23.2 cm³/mol. The van der Waals surface area contributed by atoms with Crippen molar-refractivity contribution in [1.29, 1.82) is 5.41 Å². The van der Waals surface area contributed by atoms with E-state index in [1.807, 2.05) is 0 Å². The van der Waals surface area contributed by atoms with Crippen LogP contribution in [0.3, 0.4) is 0 Å². The highest BCUT2D eigenvalue weighted by Gasteiger charge is 1.03. The van der Waals surface area contributed by atoms with Crippen molar-refractivity contribution in [2.45, 2.75) is 0 Å². The van der Waals surface area contributed by atoms with Crippen LogP contribution in [0.5, 0.6) is 0 Å². The highest BCUT2D eigenvalue weighted by molar-refractivity contribution is 5.26. The maximum Gasteiger partial charge on any atom is 0.231 e. The van der Waals surface area contributed by atoms with E-state index in [2.05, 4.69) is 18.9 Å². The van der Waals surface area contributed by atoms with Crippen molar-refractivity contribution in [3.05, 3.63) is 18.9 Å². The summed E-state index contributed by atoms with van der Waals surface area (Å²) in [5, 5.41) is 5.40. The maximum atomic E-state index is 8.35. The van der Waals surface area contributed by atoms with Gasteiger partial charge in [0.05, 0.1) is 0 Å². The highest BCUT2D eigenvalue weighted by atomic mass is 16.1. The SMILES string of the molecule is C=C=C.N=C=O. The lowest BCUT2D eigenvalue weighted by Crippen LogP contribution is -1.16. The van der Waals surface area contributed by atoms with Crippen LogP contribution >= 0.6 is 0 Å². The molecule has 0 aliphatic heterocycles. The van der Waals surface area contributed by atoms with E-state index >= 15 is 0 Å². The Morgan fingerprint density at radius 1 is 1.50 bits per heavy atom. The zero-order chi connectivity index (χ0) is 5.41. The molecule has 0 aromatic carbocycles. The molecule has 0 aliphatic rings. The molecule has 32 valence electrons. The van der Waals surface area contributed by atoms with Crippen LogP contribution in [0.2, 0.25) is 0 Å². The Hall–Kier alpha value is -1.10. The number of nitrogens with one attached hydrogen (secondary N) is 1. The Balaban J connectivity index is 0. The van der Waals surface area contributed by atoms with Gasteiger partial charge in [-0.1, -0.05) is 13.2 Å². The Labute approximate surface area is 36.3 Å². The molecule has 2 heteroatoms. The first-order valence-corrected chi connectivity index (χ1v) is 1.16. The molecule has 0 saturated heterocycles. The van der Waals surface area contributed by atoms with Gasteiger partial charge in [-0.15, -0.1) is 5.73 Å². The van der Waals surface area contributed by atoms with Crippen molar-refractivity contribution in [2.75, 3.05) is 0 Å². The van der Waals surface area contributed by atoms with Gasteiger partial charge in [-0.25, -0.2) is 10.2 Å². The molecule has 0 heterocycles. The normalized spacial score (nSPS) is 2.67. The first-order valence-electron chi connectivity index (χ1n) is 1.16. The summed E-state index contributed by atoms with van der Waals surface area (Å²) in [6, 6.07) is 0. The fraction of sp³-hybridized carbons (Fsp3) is 0. The van der Waals surface area contributed by atoms with Crippen LogP contribution < -0.4 is 0 Å². The number of isocyanates is 1. The minimum atomic E-state index is 0.750. The van der Waals surface area contributed by atoms with E-state index in [-0.39, 0.29) is 0 Å². The second kappa shape index (κ2) is 40.5. The molecule has 0 aromatic heterocycles. The van der Waals surface area contributed by atoms with Gasteiger partial charge in [0.2, 0.25) is 6.08 Å². The summed E-state index contributed by atoms with van der Waals surface area (Å²) in [6.07, 6.45) is 0.750. The number of hydrogen-bond donors (Lipinski definition) is 1. The largest absolute Gasteiger partial charge is 0.231 e. The first-order chi connectivity index (χ1) is 2.83. The van der Waals surface area contributed by atoms with Crippen molar-refractivity contribution >= 4 is 6.08 Å². The summed E-state index contributed by atoms with van der Waals surface area (Å²) in [5.41, 5.74) is 2.25. The summed E-state index contributed by atoms with van der Waals surface area (Å²) in [4.78, 5) is 8.35. The molecule has 0 bridgehead atoms. The molecule has 0 unspecified atom stereocenters. The van der Waals surface area contributed by atoms with Crippen LogP contribution in [-0.4, -0.2) is 6.08 Å². The lowest BCUT2D eigenvalue weighted by molar-refractivity contribution is 0.563. The molecule has 0 aromatic rings. The molecule has 1 N–H and O–H groups in total. The predicted octanol–water partition coefficient (Wildman–Crippen LogP) is 0.858. The van der Waals surface area contributed by atoms with Gasteiger partial charge in [0, 0.05) is 0 Å². The summed E-state index contributed by atoms with van der Waals surface area (Å²) in [7, 11) is 0.